The molecule has 0 saturated heterocycles. The van der Waals surface area contributed by atoms with Crippen LogP contribution in [0.3, 0.4) is 0 Å². The third kappa shape index (κ3) is 2.99. The number of fused-ring (bicyclic) bond motifs is 1. The maximum atomic E-state index is 12.6. The number of nitrogens with zero attached hydrogens (tertiary/aromatic N) is 2. The van der Waals surface area contributed by atoms with Crippen molar-refractivity contribution in [1.29, 1.82) is 0 Å². The van der Waals surface area contributed by atoms with E-state index in [-0.39, 0.29) is 11.9 Å². The first-order chi connectivity index (χ1) is 12.6. The Morgan fingerprint density at radius 1 is 1.19 bits per heavy atom. The van der Waals surface area contributed by atoms with Gasteiger partial charge in [-0.15, -0.1) is 11.3 Å². The molecule has 3 aromatic heterocycles. The molecular formula is C20H17N3O2S. The highest BCUT2D eigenvalue weighted by atomic mass is 32.1. The number of para-hydroxylation sites is 1. The van der Waals surface area contributed by atoms with Gasteiger partial charge in [0, 0.05) is 22.5 Å². The lowest BCUT2D eigenvalue weighted by Crippen LogP contribution is -2.27. The number of benzene rings is 1. The van der Waals surface area contributed by atoms with Crippen LogP contribution in [0.15, 0.2) is 58.5 Å². The highest BCUT2D eigenvalue weighted by Gasteiger charge is 2.20. The fraction of sp³-hybridized carbons (Fsp3) is 0.150. The Labute approximate surface area is 154 Å². The molecule has 0 bridgehead atoms. The molecule has 4 rings (SSSR count). The van der Waals surface area contributed by atoms with E-state index in [1.807, 2.05) is 56.3 Å². The second-order valence-electron chi connectivity index (χ2n) is 6.04. The summed E-state index contributed by atoms with van der Waals surface area (Å²) in [5.41, 5.74) is 3.02. The quantitative estimate of drug-likeness (QED) is 0.568. The predicted octanol–water partition coefficient (Wildman–Crippen LogP) is 4.75. The van der Waals surface area contributed by atoms with Gasteiger partial charge < -0.3 is 9.73 Å². The molecule has 0 radical (unpaired) electrons. The number of aromatic nitrogens is 2. The lowest BCUT2D eigenvalue weighted by molar-refractivity contribution is 0.0931. The van der Waals surface area contributed by atoms with Crippen molar-refractivity contribution in [2.75, 3.05) is 0 Å². The minimum absolute atomic E-state index is 0.226. The summed E-state index contributed by atoms with van der Waals surface area (Å²) < 4.78 is 5.93. The second kappa shape index (κ2) is 6.72. The number of nitrogens with one attached hydrogen (secondary N) is 1. The highest BCUT2D eigenvalue weighted by Crippen LogP contribution is 2.29. The Hall–Kier alpha value is -2.99. The third-order valence-corrected chi connectivity index (χ3v) is 5.11. The van der Waals surface area contributed by atoms with Gasteiger partial charge in [-0.3, -0.25) is 9.78 Å². The van der Waals surface area contributed by atoms with E-state index in [1.165, 1.54) is 11.3 Å². The van der Waals surface area contributed by atoms with Crippen LogP contribution < -0.4 is 5.32 Å². The number of furan rings is 1. The van der Waals surface area contributed by atoms with Crippen molar-refractivity contribution in [3.63, 3.8) is 0 Å². The Morgan fingerprint density at radius 2 is 2.00 bits per heavy atom. The first-order valence-corrected chi connectivity index (χ1v) is 9.17. The van der Waals surface area contributed by atoms with Crippen molar-refractivity contribution in [1.82, 2.24) is 15.3 Å². The normalized spacial score (nSPS) is 12.2. The van der Waals surface area contributed by atoms with Crippen LogP contribution in [-0.4, -0.2) is 15.9 Å². The van der Waals surface area contributed by atoms with Crippen molar-refractivity contribution in [3.05, 3.63) is 71.1 Å². The van der Waals surface area contributed by atoms with E-state index >= 15 is 0 Å². The predicted molar refractivity (Wildman–Crippen MR) is 102 cm³/mol. The van der Waals surface area contributed by atoms with E-state index in [0.717, 1.165) is 33.0 Å². The highest BCUT2D eigenvalue weighted by molar-refractivity contribution is 7.13. The van der Waals surface area contributed by atoms with E-state index in [9.17, 15) is 4.79 Å². The van der Waals surface area contributed by atoms with Gasteiger partial charge in [0.2, 0.25) is 0 Å². The number of hydrogen-bond acceptors (Lipinski definition) is 5. The molecule has 1 aromatic carbocycles. The van der Waals surface area contributed by atoms with Crippen LogP contribution in [0, 0.1) is 6.92 Å². The molecule has 1 amide bonds. The first-order valence-electron chi connectivity index (χ1n) is 8.29. The van der Waals surface area contributed by atoms with Crippen LogP contribution in [-0.2, 0) is 0 Å². The van der Waals surface area contributed by atoms with Gasteiger partial charge in [0.15, 0.2) is 0 Å². The summed E-state index contributed by atoms with van der Waals surface area (Å²) in [4.78, 5) is 21.2. The zero-order chi connectivity index (χ0) is 18.1. The molecular weight excluding hydrogens is 346 g/mol. The second-order valence-corrected chi connectivity index (χ2v) is 6.89. The smallest absolute Gasteiger partial charge is 0.271 e. The van der Waals surface area contributed by atoms with Gasteiger partial charge in [-0.2, -0.15) is 0 Å². The standard InChI is InChI=1S/C20H17N3O2S/c1-12-14-7-3-4-9-17(14)25-18(12)13(2)22-19(24)16-11-26-20(23-16)15-8-5-6-10-21-15/h3-11,13H,1-2H3,(H,22,24). The van der Waals surface area contributed by atoms with E-state index in [4.69, 9.17) is 4.42 Å². The number of pyridine rings is 1. The number of rotatable bonds is 4. The Bertz CT molecular complexity index is 1070. The topological polar surface area (TPSA) is 68.0 Å². The summed E-state index contributed by atoms with van der Waals surface area (Å²) in [5.74, 6) is 0.538. The van der Waals surface area contributed by atoms with Gasteiger partial charge in [-0.1, -0.05) is 24.3 Å². The lowest BCUT2D eigenvalue weighted by atomic mass is 10.1. The average molecular weight is 363 g/mol. The minimum Gasteiger partial charge on any atom is -0.459 e. The molecule has 0 spiro atoms. The van der Waals surface area contributed by atoms with Gasteiger partial charge >= 0.3 is 0 Å². The van der Waals surface area contributed by atoms with Crippen LogP contribution in [0.2, 0.25) is 0 Å². The maximum absolute atomic E-state index is 12.6. The fourth-order valence-electron chi connectivity index (χ4n) is 2.93. The van der Waals surface area contributed by atoms with Gasteiger partial charge in [0.1, 0.15) is 22.0 Å². The fourth-order valence-corrected chi connectivity index (χ4v) is 3.70. The molecule has 0 aliphatic carbocycles. The molecule has 26 heavy (non-hydrogen) atoms. The third-order valence-electron chi connectivity index (χ3n) is 4.24. The molecule has 0 aliphatic heterocycles. The van der Waals surface area contributed by atoms with Crippen LogP contribution >= 0.6 is 11.3 Å². The number of carbonyl (C=O) groups is 1. The summed E-state index contributed by atoms with van der Waals surface area (Å²) >= 11 is 1.40. The van der Waals surface area contributed by atoms with Gasteiger partial charge in [0.25, 0.3) is 5.91 Å². The Morgan fingerprint density at radius 3 is 2.77 bits per heavy atom. The number of amides is 1. The molecule has 5 nitrogen and oxygen atoms in total. The monoisotopic (exact) mass is 363 g/mol. The molecule has 4 aromatic rings. The number of hydrogen-bond donors (Lipinski definition) is 1. The Balaban J connectivity index is 1.54. The zero-order valence-corrected chi connectivity index (χ0v) is 15.2. The number of thiazole rings is 1. The SMILES string of the molecule is Cc1c(C(C)NC(=O)c2csc(-c3ccccn3)n2)oc2ccccc12. The maximum Gasteiger partial charge on any atom is 0.271 e. The molecule has 6 heteroatoms. The number of carbonyl (C=O) groups excluding carboxylic acids is 1. The summed E-state index contributed by atoms with van der Waals surface area (Å²) in [7, 11) is 0. The van der Waals surface area contributed by atoms with E-state index in [2.05, 4.69) is 15.3 Å². The van der Waals surface area contributed by atoms with Crippen molar-refractivity contribution in [2.24, 2.45) is 0 Å². The van der Waals surface area contributed by atoms with E-state index < -0.39 is 0 Å². The van der Waals surface area contributed by atoms with Crippen LogP contribution in [0.25, 0.3) is 21.7 Å². The molecule has 0 saturated carbocycles. The van der Waals surface area contributed by atoms with Crippen LogP contribution in [0.4, 0.5) is 0 Å². The van der Waals surface area contributed by atoms with Gasteiger partial charge in [-0.05, 0) is 32.0 Å². The summed E-state index contributed by atoms with van der Waals surface area (Å²) in [6.07, 6.45) is 1.71. The van der Waals surface area contributed by atoms with Crippen LogP contribution in [0.1, 0.15) is 34.8 Å². The van der Waals surface area contributed by atoms with Crippen molar-refractivity contribution in [2.45, 2.75) is 19.9 Å². The Kier molecular flexibility index (Phi) is 4.26. The largest absolute Gasteiger partial charge is 0.459 e. The molecule has 130 valence electrons. The molecule has 1 unspecified atom stereocenters. The molecule has 3 heterocycles. The van der Waals surface area contributed by atoms with Crippen molar-refractivity contribution >= 4 is 28.2 Å². The van der Waals surface area contributed by atoms with Crippen molar-refractivity contribution in [3.8, 4) is 10.7 Å². The molecule has 0 fully saturated rings. The van der Waals surface area contributed by atoms with E-state index in [1.54, 1.807) is 11.6 Å². The number of aryl methyl sites for hydroxylation is 1. The lowest BCUT2D eigenvalue weighted by Gasteiger charge is -2.11. The zero-order valence-electron chi connectivity index (χ0n) is 14.4. The minimum atomic E-state index is -0.255. The van der Waals surface area contributed by atoms with Gasteiger partial charge in [0.05, 0.1) is 11.7 Å². The van der Waals surface area contributed by atoms with Crippen molar-refractivity contribution < 1.29 is 9.21 Å². The first kappa shape index (κ1) is 16.5. The average Bonchev–Trinajstić information content (AvgIpc) is 3.28. The van der Waals surface area contributed by atoms with E-state index in [0.29, 0.717) is 5.69 Å². The van der Waals surface area contributed by atoms with Crippen LogP contribution in [0.5, 0.6) is 0 Å². The molecule has 1 N–H and O–H groups in total. The molecule has 1 atom stereocenters. The molecule has 0 aliphatic rings. The van der Waals surface area contributed by atoms with Gasteiger partial charge in [-0.25, -0.2) is 4.98 Å². The summed E-state index contributed by atoms with van der Waals surface area (Å²) in [5, 5.41) is 6.51. The summed E-state index contributed by atoms with van der Waals surface area (Å²) in [6.45, 7) is 3.92. The summed E-state index contributed by atoms with van der Waals surface area (Å²) in [6, 6.07) is 13.2.